The second-order valence-corrected chi connectivity index (χ2v) is 5.24. The molecule has 0 saturated carbocycles. The molecule has 1 aromatic carbocycles. The predicted octanol–water partition coefficient (Wildman–Crippen LogP) is 2.37. The van der Waals surface area contributed by atoms with Gasteiger partial charge in [0.15, 0.2) is 0 Å². The normalized spacial score (nSPS) is 26.2. The lowest BCUT2D eigenvalue weighted by molar-refractivity contribution is -0.150. The molecule has 0 aliphatic carbocycles. The molecule has 1 aliphatic rings. The number of hydrogen-bond acceptors (Lipinski definition) is 4. The highest BCUT2D eigenvalue weighted by Gasteiger charge is 2.27. The van der Waals surface area contributed by atoms with Crippen LogP contribution < -0.4 is 0 Å². The van der Waals surface area contributed by atoms with E-state index in [-0.39, 0.29) is 18.7 Å². The number of esters is 1. The van der Waals surface area contributed by atoms with Gasteiger partial charge in [-0.05, 0) is 17.7 Å². The van der Waals surface area contributed by atoms with Crippen LogP contribution in [0.2, 0.25) is 0 Å². The Bertz CT molecular complexity index is 486. The first kappa shape index (κ1) is 14.2. The SMILES string of the molecule is CC(=O)OC[C@H]1OC(c2cccc(Br)c2)C=C[C@@H]1O. The molecular formula is C14H15BrO4. The molecule has 1 aliphatic heterocycles. The molecule has 1 N–H and O–H groups in total. The van der Waals surface area contributed by atoms with Gasteiger partial charge >= 0.3 is 5.97 Å². The molecule has 0 bridgehead atoms. The van der Waals surface area contributed by atoms with E-state index in [9.17, 15) is 9.90 Å². The van der Waals surface area contributed by atoms with Gasteiger partial charge in [-0.3, -0.25) is 4.79 Å². The number of carbonyl (C=O) groups excluding carboxylic acids is 1. The number of aliphatic hydroxyl groups is 1. The van der Waals surface area contributed by atoms with Gasteiger partial charge in [-0.25, -0.2) is 0 Å². The Morgan fingerprint density at radius 3 is 2.95 bits per heavy atom. The molecule has 0 amide bonds. The van der Waals surface area contributed by atoms with E-state index in [1.165, 1.54) is 6.92 Å². The Labute approximate surface area is 120 Å². The summed E-state index contributed by atoms with van der Waals surface area (Å²) in [7, 11) is 0. The van der Waals surface area contributed by atoms with E-state index in [1.807, 2.05) is 24.3 Å². The third kappa shape index (κ3) is 3.89. The van der Waals surface area contributed by atoms with E-state index >= 15 is 0 Å². The van der Waals surface area contributed by atoms with Gasteiger partial charge in [-0.2, -0.15) is 0 Å². The van der Waals surface area contributed by atoms with Gasteiger partial charge in [-0.15, -0.1) is 0 Å². The Morgan fingerprint density at radius 2 is 2.26 bits per heavy atom. The highest BCUT2D eigenvalue weighted by Crippen LogP contribution is 2.28. The van der Waals surface area contributed by atoms with E-state index in [0.29, 0.717) is 0 Å². The summed E-state index contributed by atoms with van der Waals surface area (Å²) in [6.45, 7) is 1.38. The third-order valence-electron chi connectivity index (χ3n) is 2.81. The van der Waals surface area contributed by atoms with E-state index in [0.717, 1.165) is 10.0 Å². The highest BCUT2D eigenvalue weighted by atomic mass is 79.9. The molecule has 1 heterocycles. The standard InChI is InChI=1S/C14H15BrO4/c1-9(16)18-8-14-12(17)5-6-13(19-14)10-3-2-4-11(15)7-10/h2-7,12-14,17H,8H2,1H3/t12-,13?,14+/m0/s1. The second kappa shape index (κ2) is 6.32. The lowest BCUT2D eigenvalue weighted by Crippen LogP contribution is -2.36. The van der Waals surface area contributed by atoms with Crippen LogP contribution >= 0.6 is 15.9 Å². The third-order valence-corrected chi connectivity index (χ3v) is 3.31. The molecular weight excluding hydrogens is 312 g/mol. The van der Waals surface area contributed by atoms with Crippen LogP contribution in [0.15, 0.2) is 40.9 Å². The van der Waals surface area contributed by atoms with E-state index in [1.54, 1.807) is 12.2 Å². The van der Waals surface area contributed by atoms with Gasteiger partial charge in [-0.1, -0.05) is 40.2 Å². The molecule has 5 heteroatoms. The summed E-state index contributed by atoms with van der Waals surface area (Å²) in [5.41, 5.74) is 0.977. The first-order valence-electron chi connectivity index (χ1n) is 5.97. The molecule has 102 valence electrons. The van der Waals surface area contributed by atoms with Crippen molar-refractivity contribution in [1.82, 2.24) is 0 Å². The molecule has 0 spiro atoms. The maximum Gasteiger partial charge on any atom is 0.302 e. The summed E-state index contributed by atoms with van der Waals surface area (Å²) >= 11 is 3.41. The number of benzene rings is 1. The van der Waals surface area contributed by atoms with Crippen molar-refractivity contribution in [2.75, 3.05) is 6.61 Å². The molecule has 1 aromatic rings. The van der Waals surface area contributed by atoms with Gasteiger partial charge in [0, 0.05) is 11.4 Å². The van der Waals surface area contributed by atoms with Crippen LogP contribution in [0.5, 0.6) is 0 Å². The maximum absolute atomic E-state index is 10.8. The molecule has 0 saturated heterocycles. The van der Waals surface area contributed by atoms with Crippen LogP contribution in [0.4, 0.5) is 0 Å². The molecule has 0 aromatic heterocycles. The Balaban J connectivity index is 2.08. The van der Waals surface area contributed by atoms with Crippen LogP contribution in [-0.2, 0) is 14.3 Å². The average Bonchev–Trinajstić information content (AvgIpc) is 2.37. The quantitative estimate of drug-likeness (QED) is 0.684. The van der Waals surface area contributed by atoms with Crippen molar-refractivity contribution in [3.8, 4) is 0 Å². The zero-order chi connectivity index (χ0) is 13.8. The largest absolute Gasteiger partial charge is 0.463 e. The monoisotopic (exact) mass is 326 g/mol. The summed E-state index contributed by atoms with van der Waals surface area (Å²) in [5, 5.41) is 9.79. The van der Waals surface area contributed by atoms with Gasteiger partial charge in [0.25, 0.3) is 0 Å². The van der Waals surface area contributed by atoms with Gasteiger partial charge in [0.2, 0.25) is 0 Å². The van der Waals surface area contributed by atoms with Crippen molar-refractivity contribution < 1.29 is 19.4 Å². The molecule has 0 fully saturated rings. The minimum atomic E-state index is -0.761. The lowest BCUT2D eigenvalue weighted by atomic mass is 10.0. The van der Waals surface area contributed by atoms with E-state index < -0.39 is 12.2 Å². The lowest BCUT2D eigenvalue weighted by Gasteiger charge is -2.29. The number of hydrogen-bond donors (Lipinski definition) is 1. The van der Waals surface area contributed by atoms with E-state index in [2.05, 4.69) is 15.9 Å². The van der Waals surface area contributed by atoms with Gasteiger partial charge in [0.1, 0.15) is 24.9 Å². The molecule has 2 rings (SSSR count). The van der Waals surface area contributed by atoms with Gasteiger partial charge < -0.3 is 14.6 Å². The maximum atomic E-state index is 10.8. The van der Waals surface area contributed by atoms with Crippen LogP contribution in [0.1, 0.15) is 18.6 Å². The van der Waals surface area contributed by atoms with Crippen LogP contribution in [0, 0.1) is 0 Å². The van der Waals surface area contributed by atoms with Crippen molar-refractivity contribution in [3.05, 3.63) is 46.5 Å². The Morgan fingerprint density at radius 1 is 1.47 bits per heavy atom. The fourth-order valence-corrected chi connectivity index (χ4v) is 2.28. The minimum Gasteiger partial charge on any atom is -0.463 e. The smallest absolute Gasteiger partial charge is 0.302 e. The van der Waals surface area contributed by atoms with Crippen molar-refractivity contribution in [3.63, 3.8) is 0 Å². The van der Waals surface area contributed by atoms with Crippen molar-refractivity contribution in [2.24, 2.45) is 0 Å². The number of halogens is 1. The fraction of sp³-hybridized carbons (Fsp3) is 0.357. The number of carbonyl (C=O) groups is 1. The number of rotatable bonds is 3. The van der Waals surface area contributed by atoms with Crippen LogP contribution in [0.25, 0.3) is 0 Å². The summed E-state index contributed by atoms with van der Waals surface area (Å²) < 4.78 is 11.6. The first-order chi connectivity index (χ1) is 9.06. The zero-order valence-electron chi connectivity index (χ0n) is 10.5. The number of ether oxygens (including phenoxy) is 2. The minimum absolute atomic E-state index is 0.0470. The highest BCUT2D eigenvalue weighted by molar-refractivity contribution is 9.10. The Kier molecular flexibility index (Phi) is 4.74. The molecule has 0 radical (unpaired) electrons. The van der Waals surface area contributed by atoms with Crippen LogP contribution in [0.3, 0.4) is 0 Å². The van der Waals surface area contributed by atoms with Crippen molar-refractivity contribution >= 4 is 21.9 Å². The fourth-order valence-electron chi connectivity index (χ4n) is 1.86. The Hall–Kier alpha value is -1.17. The molecule has 4 nitrogen and oxygen atoms in total. The zero-order valence-corrected chi connectivity index (χ0v) is 12.0. The summed E-state index contributed by atoms with van der Waals surface area (Å²) in [6, 6.07) is 7.75. The molecule has 1 unspecified atom stereocenters. The predicted molar refractivity (Wildman–Crippen MR) is 73.5 cm³/mol. The molecule has 19 heavy (non-hydrogen) atoms. The van der Waals surface area contributed by atoms with Crippen molar-refractivity contribution in [1.29, 1.82) is 0 Å². The van der Waals surface area contributed by atoms with Crippen LogP contribution in [-0.4, -0.2) is 29.9 Å². The molecule has 3 atom stereocenters. The number of aliphatic hydroxyl groups excluding tert-OH is 1. The van der Waals surface area contributed by atoms with Crippen molar-refractivity contribution in [2.45, 2.75) is 25.2 Å². The topological polar surface area (TPSA) is 55.8 Å². The summed E-state index contributed by atoms with van der Waals surface area (Å²) in [5.74, 6) is -0.385. The van der Waals surface area contributed by atoms with Gasteiger partial charge in [0.05, 0.1) is 0 Å². The average molecular weight is 327 g/mol. The first-order valence-corrected chi connectivity index (χ1v) is 6.76. The summed E-state index contributed by atoms with van der Waals surface area (Å²) in [6.07, 6.45) is 1.92. The summed E-state index contributed by atoms with van der Waals surface area (Å²) in [4.78, 5) is 10.8. The van der Waals surface area contributed by atoms with E-state index in [4.69, 9.17) is 9.47 Å². The second-order valence-electron chi connectivity index (χ2n) is 4.33.